The van der Waals surface area contributed by atoms with Gasteiger partial charge in [0.15, 0.2) is 0 Å². The SMILES string of the molecule is Cc1ccnc([C@@H]2CCN(Cc3cn(C)c4ccc(F)cc34)C2)n1. The van der Waals surface area contributed by atoms with E-state index in [-0.39, 0.29) is 5.82 Å². The second kappa shape index (κ2) is 5.98. The van der Waals surface area contributed by atoms with Crippen molar-refractivity contribution < 1.29 is 4.39 Å². The maximum absolute atomic E-state index is 13.6. The Morgan fingerprint density at radius 1 is 1.29 bits per heavy atom. The molecule has 4 nitrogen and oxygen atoms in total. The molecule has 3 aromatic rings. The summed E-state index contributed by atoms with van der Waals surface area (Å²) < 4.78 is 15.7. The molecule has 4 rings (SSSR count). The van der Waals surface area contributed by atoms with Gasteiger partial charge in [-0.3, -0.25) is 4.90 Å². The zero-order valence-corrected chi connectivity index (χ0v) is 14.0. The Hall–Kier alpha value is -2.27. The van der Waals surface area contributed by atoms with Gasteiger partial charge in [0.05, 0.1) is 0 Å². The van der Waals surface area contributed by atoms with Gasteiger partial charge in [0.2, 0.25) is 0 Å². The molecule has 1 atom stereocenters. The second-order valence-electron chi connectivity index (χ2n) is 6.70. The maximum Gasteiger partial charge on any atom is 0.132 e. The van der Waals surface area contributed by atoms with Gasteiger partial charge < -0.3 is 4.57 Å². The lowest BCUT2D eigenvalue weighted by atomic mass is 10.1. The summed E-state index contributed by atoms with van der Waals surface area (Å²) in [5.41, 5.74) is 3.27. The molecule has 1 fully saturated rings. The fourth-order valence-electron chi connectivity index (χ4n) is 3.66. The van der Waals surface area contributed by atoms with Crippen LogP contribution in [-0.2, 0) is 13.6 Å². The summed E-state index contributed by atoms with van der Waals surface area (Å²) in [5.74, 6) is 1.15. The highest BCUT2D eigenvalue weighted by Crippen LogP contribution is 2.28. The van der Waals surface area contributed by atoms with E-state index in [4.69, 9.17) is 0 Å². The third-order valence-corrected chi connectivity index (χ3v) is 4.88. The van der Waals surface area contributed by atoms with Gasteiger partial charge in [0.25, 0.3) is 0 Å². The van der Waals surface area contributed by atoms with Gasteiger partial charge in [-0.25, -0.2) is 14.4 Å². The van der Waals surface area contributed by atoms with E-state index in [9.17, 15) is 4.39 Å². The second-order valence-corrected chi connectivity index (χ2v) is 6.70. The molecule has 0 spiro atoms. The number of nitrogens with zero attached hydrogens (tertiary/aromatic N) is 4. The first-order valence-electron chi connectivity index (χ1n) is 8.35. The van der Waals surface area contributed by atoms with Crippen molar-refractivity contribution in [1.82, 2.24) is 19.4 Å². The molecule has 0 unspecified atom stereocenters. The number of hydrogen-bond acceptors (Lipinski definition) is 3. The molecule has 0 radical (unpaired) electrons. The molecular weight excluding hydrogens is 303 g/mol. The third kappa shape index (κ3) is 2.80. The number of hydrogen-bond donors (Lipinski definition) is 0. The van der Waals surface area contributed by atoms with Crippen LogP contribution in [0.5, 0.6) is 0 Å². The average Bonchev–Trinajstić information content (AvgIpc) is 3.13. The molecule has 0 amide bonds. The van der Waals surface area contributed by atoms with Crippen molar-refractivity contribution in [3.05, 3.63) is 59.6 Å². The average molecular weight is 324 g/mol. The van der Waals surface area contributed by atoms with Crippen LogP contribution in [0.15, 0.2) is 36.7 Å². The van der Waals surface area contributed by atoms with E-state index in [0.29, 0.717) is 5.92 Å². The number of fused-ring (bicyclic) bond motifs is 1. The first-order chi connectivity index (χ1) is 11.6. The summed E-state index contributed by atoms with van der Waals surface area (Å²) in [6, 6.07) is 6.94. The van der Waals surface area contributed by atoms with E-state index in [2.05, 4.69) is 25.6 Å². The predicted molar refractivity (Wildman–Crippen MR) is 92.3 cm³/mol. The van der Waals surface area contributed by atoms with Crippen LogP contribution in [-0.4, -0.2) is 32.5 Å². The minimum absolute atomic E-state index is 0.178. The van der Waals surface area contributed by atoms with E-state index in [0.717, 1.165) is 48.5 Å². The lowest BCUT2D eigenvalue weighted by Crippen LogP contribution is -2.20. The lowest BCUT2D eigenvalue weighted by molar-refractivity contribution is 0.326. The standard InChI is InChI=1S/C19H21FN4/c1-13-5-7-21-19(22-13)14-6-8-24(11-14)12-15-10-23(2)18-4-3-16(20)9-17(15)18/h3-5,7,9-10,14H,6,8,11-12H2,1-2H3/t14-/m1/s1. The van der Waals surface area contributed by atoms with E-state index in [1.807, 2.05) is 32.3 Å². The molecule has 1 aromatic carbocycles. The maximum atomic E-state index is 13.6. The molecule has 0 bridgehead atoms. The Kier molecular flexibility index (Phi) is 3.81. The van der Waals surface area contributed by atoms with Crippen molar-refractivity contribution in [2.45, 2.75) is 25.8 Å². The predicted octanol–water partition coefficient (Wildman–Crippen LogP) is 3.41. The molecule has 2 aromatic heterocycles. The molecule has 1 aliphatic heterocycles. The van der Waals surface area contributed by atoms with E-state index in [1.54, 1.807) is 6.07 Å². The van der Waals surface area contributed by atoms with Gasteiger partial charge in [0.1, 0.15) is 11.6 Å². The summed E-state index contributed by atoms with van der Waals surface area (Å²) in [5, 5.41) is 1.01. The van der Waals surface area contributed by atoms with Gasteiger partial charge in [-0.2, -0.15) is 0 Å². The Morgan fingerprint density at radius 3 is 3.00 bits per heavy atom. The van der Waals surface area contributed by atoms with Gasteiger partial charge >= 0.3 is 0 Å². The topological polar surface area (TPSA) is 34.0 Å². The molecule has 24 heavy (non-hydrogen) atoms. The number of halogens is 1. The van der Waals surface area contributed by atoms with Crippen molar-refractivity contribution >= 4 is 10.9 Å². The monoisotopic (exact) mass is 324 g/mol. The van der Waals surface area contributed by atoms with Crippen LogP contribution in [0.2, 0.25) is 0 Å². The van der Waals surface area contributed by atoms with E-state index < -0.39 is 0 Å². The van der Waals surface area contributed by atoms with Crippen molar-refractivity contribution in [2.75, 3.05) is 13.1 Å². The molecule has 0 saturated carbocycles. The summed E-state index contributed by atoms with van der Waals surface area (Å²) in [6.45, 7) is 4.81. The number of rotatable bonds is 3. The summed E-state index contributed by atoms with van der Waals surface area (Å²) in [4.78, 5) is 11.4. The molecule has 0 N–H and O–H groups in total. The Morgan fingerprint density at radius 2 is 2.17 bits per heavy atom. The van der Waals surface area contributed by atoms with Gasteiger partial charge in [0, 0.05) is 55.0 Å². The number of benzene rings is 1. The Bertz CT molecular complexity index is 886. The fraction of sp³-hybridized carbons (Fsp3) is 0.368. The van der Waals surface area contributed by atoms with Crippen molar-refractivity contribution in [1.29, 1.82) is 0 Å². The first kappa shape index (κ1) is 15.3. The van der Waals surface area contributed by atoms with Gasteiger partial charge in [-0.05, 0) is 49.7 Å². The highest BCUT2D eigenvalue weighted by atomic mass is 19.1. The van der Waals surface area contributed by atoms with Crippen LogP contribution < -0.4 is 0 Å². The third-order valence-electron chi connectivity index (χ3n) is 4.88. The quantitative estimate of drug-likeness (QED) is 0.740. The summed E-state index contributed by atoms with van der Waals surface area (Å²) in [7, 11) is 2.01. The minimum Gasteiger partial charge on any atom is -0.350 e. The Balaban J connectivity index is 1.54. The highest BCUT2D eigenvalue weighted by Gasteiger charge is 2.26. The van der Waals surface area contributed by atoms with Crippen molar-refractivity contribution in [3.63, 3.8) is 0 Å². The molecule has 1 aliphatic rings. The van der Waals surface area contributed by atoms with E-state index >= 15 is 0 Å². The lowest BCUT2D eigenvalue weighted by Gasteiger charge is -2.15. The zero-order valence-electron chi connectivity index (χ0n) is 14.0. The summed E-state index contributed by atoms with van der Waals surface area (Å²) in [6.07, 6.45) is 5.02. The van der Waals surface area contributed by atoms with Gasteiger partial charge in [-0.15, -0.1) is 0 Å². The first-order valence-corrected chi connectivity index (χ1v) is 8.35. The molecule has 124 valence electrons. The molecule has 0 aliphatic carbocycles. The van der Waals surface area contributed by atoms with E-state index in [1.165, 1.54) is 11.6 Å². The van der Waals surface area contributed by atoms with Crippen LogP contribution >= 0.6 is 0 Å². The molecule has 5 heteroatoms. The van der Waals surface area contributed by atoms with Crippen molar-refractivity contribution in [2.24, 2.45) is 7.05 Å². The number of likely N-dealkylation sites (tertiary alicyclic amines) is 1. The molecule has 1 saturated heterocycles. The van der Waals surface area contributed by atoms with Crippen LogP contribution in [0, 0.1) is 12.7 Å². The molecule has 3 heterocycles. The van der Waals surface area contributed by atoms with Crippen LogP contribution in [0.4, 0.5) is 4.39 Å². The number of aryl methyl sites for hydroxylation is 2. The molecular formula is C19H21FN4. The summed E-state index contributed by atoms with van der Waals surface area (Å²) >= 11 is 0. The van der Waals surface area contributed by atoms with Crippen LogP contribution in [0.3, 0.4) is 0 Å². The van der Waals surface area contributed by atoms with Gasteiger partial charge in [-0.1, -0.05) is 0 Å². The Labute approximate surface area is 141 Å². The number of aromatic nitrogens is 3. The minimum atomic E-state index is -0.178. The zero-order chi connectivity index (χ0) is 16.7. The largest absolute Gasteiger partial charge is 0.350 e. The van der Waals surface area contributed by atoms with Crippen molar-refractivity contribution in [3.8, 4) is 0 Å². The van der Waals surface area contributed by atoms with Crippen LogP contribution in [0.25, 0.3) is 10.9 Å². The highest BCUT2D eigenvalue weighted by molar-refractivity contribution is 5.84. The normalized spacial score (nSPS) is 18.5. The fourth-order valence-corrected chi connectivity index (χ4v) is 3.66. The van der Waals surface area contributed by atoms with Crippen LogP contribution in [0.1, 0.15) is 29.4 Å². The smallest absolute Gasteiger partial charge is 0.132 e.